The molecule has 0 aromatic carbocycles. The number of hydrogen-bond acceptors (Lipinski definition) is 6. The maximum absolute atomic E-state index is 12.3. The lowest BCUT2D eigenvalue weighted by Gasteiger charge is -2.25. The molecule has 1 rings (SSSR count). The Hall–Kier alpha value is -1.44. The highest BCUT2D eigenvalue weighted by Crippen LogP contribution is 2.47. The van der Waals surface area contributed by atoms with Gasteiger partial charge in [-0.3, -0.25) is 14.2 Å². The number of hydrogen-bond donors (Lipinski definition) is 2. The summed E-state index contributed by atoms with van der Waals surface area (Å²) in [5, 5.41) is 11.5. The van der Waals surface area contributed by atoms with Gasteiger partial charge in [-0.15, -0.1) is 0 Å². The van der Waals surface area contributed by atoms with E-state index in [2.05, 4.69) is 5.32 Å². The van der Waals surface area contributed by atoms with E-state index in [-0.39, 0.29) is 13.2 Å². The Morgan fingerprint density at radius 1 is 1.29 bits per heavy atom. The quantitative estimate of drug-likeness (QED) is 0.581. The molecular formula is C14H25N2O7P. The van der Waals surface area contributed by atoms with Crippen LogP contribution in [0.2, 0.25) is 0 Å². The van der Waals surface area contributed by atoms with Crippen LogP contribution in [-0.2, 0) is 28.0 Å². The van der Waals surface area contributed by atoms with Crippen molar-refractivity contribution in [2.75, 3.05) is 25.9 Å². The van der Waals surface area contributed by atoms with Crippen LogP contribution in [0.3, 0.4) is 0 Å². The van der Waals surface area contributed by atoms with Crippen LogP contribution in [0.1, 0.15) is 33.6 Å². The van der Waals surface area contributed by atoms with Gasteiger partial charge in [0.15, 0.2) is 0 Å². The minimum absolute atomic E-state index is 0.132. The van der Waals surface area contributed by atoms with E-state index in [0.29, 0.717) is 19.4 Å². The summed E-state index contributed by atoms with van der Waals surface area (Å²) in [5.74, 6) is -2.18. The summed E-state index contributed by atoms with van der Waals surface area (Å²) in [4.78, 5) is 36.7. The molecule has 10 heteroatoms. The second kappa shape index (κ2) is 9.15. The van der Waals surface area contributed by atoms with Crippen molar-refractivity contribution >= 4 is 25.4 Å². The molecule has 0 bridgehead atoms. The van der Waals surface area contributed by atoms with Gasteiger partial charge in [0.2, 0.25) is 11.8 Å². The molecule has 1 saturated heterocycles. The highest BCUT2D eigenvalue weighted by molar-refractivity contribution is 7.54. The number of aliphatic carboxylic acids is 1. The van der Waals surface area contributed by atoms with Crippen LogP contribution in [0.15, 0.2) is 0 Å². The average molecular weight is 364 g/mol. The van der Waals surface area contributed by atoms with Crippen LogP contribution in [-0.4, -0.2) is 65.8 Å². The van der Waals surface area contributed by atoms with Crippen molar-refractivity contribution in [1.29, 1.82) is 0 Å². The van der Waals surface area contributed by atoms with E-state index in [1.807, 2.05) is 0 Å². The topological polar surface area (TPSA) is 122 Å². The van der Waals surface area contributed by atoms with E-state index < -0.39 is 43.6 Å². The fourth-order valence-corrected chi connectivity index (χ4v) is 4.07. The fraction of sp³-hybridized carbons (Fsp3) is 0.786. The Kier molecular flexibility index (Phi) is 7.86. The molecule has 0 unspecified atom stereocenters. The maximum atomic E-state index is 12.3. The number of rotatable bonds is 9. The first-order chi connectivity index (χ1) is 11.2. The van der Waals surface area contributed by atoms with Crippen molar-refractivity contribution in [3.05, 3.63) is 0 Å². The van der Waals surface area contributed by atoms with Gasteiger partial charge in [-0.2, -0.15) is 0 Å². The van der Waals surface area contributed by atoms with Crippen molar-refractivity contribution < 1.29 is 33.1 Å². The van der Waals surface area contributed by atoms with Gasteiger partial charge in [0.05, 0.1) is 13.2 Å². The third-order valence-corrected chi connectivity index (χ3v) is 5.54. The molecular weight excluding hydrogens is 339 g/mol. The summed E-state index contributed by atoms with van der Waals surface area (Å²) in [6.07, 6.45) is 0.507. The number of carboxylic acids is 1. The molecule has 0 saturated carbocycles. The second-order valence-electron chi connectivity index (χ2n) is 5.42. The number of nitrogens with one attached hydrogen (secondary N) is 1. The first kappa shape index (κ1) is 20.6. The molecule has 2 amide bonds. The van der Waals surface area contributed by atoms with Crippen LogP contribution >= 0.6 is 7.60 Å². The SMILES string of the molecule is CCOP(=O)(CC(=O)N[C@@H](C)C(=O)N1CCC[C@H]1C(=O)O)OCC. The predicted molar refractivity (Wildman–Crippen MR) is 85.7 cm³/mol. The molecule has 0 radical (unpaired) electrons. The van der Waals surface area contributed by atoms with Crippen LogP contribution in [0.4, 0.5) is 0 Å². The Morgan fingerprint density at radius 2 is 1.88 bits per heavy atom. The first-order valence-corrected chi connectivity index (χ1v) is 9.67. The summed E-state index contributed by atoms with van der Waals surface area (Å²) in [7, 11) is -3.55. The van der Waals surface area contributed by atoms with Gasteiger partial charge in [-0.1, -0.05) is 0 Å². The molecule has 9 nitrogen and oxygen atoms in total. The zero-order chi connectivity index (χ0) is 18.3. The molecule has 1 fully saturated rings. The predicted octanol–water partition coefficient (Wildman–Crippen LogP) is 0.833. The second-order valence-corrected chi connectivity index (χ2v) is 7.48. The summed E-state index contributed by atoms with van der Waals surface area (Å²) in [6.45, 7) is 5.33. The average Bonchev–Trinajstić information content (AvgIpc) is 2.95. The standard InChI is InChI=1S/C14H25N2O7P/c1-4-22-24(21,23-5-2)9-12(17)15-10(3)13(18)16-8-6-7-11(16)14(19)20/h10-11H,4-9H2,1-3H3,(H,15,17)(H,19,20)/t10-,11-/m0/s1. The zero-order valence-corrected chi connectivity index (χ0v) is 15.1. The molecule has 1 aliphatic rings. The molecule has 2 atom stereocenters. The van der Waals surface area contributed by atoms with Crippen molar-refractivity contribution in [2.24, 2.45) is 0 Å². The third kappa shape index (κ3) is 5.58. The summed E-state index contributed by atoms with van der Waals surface area (Å²) in [5.41, 5.74) is 0. The molecule has 1 aliphatic heterocycles. The van der Waals surface area contributed by atoms with Gasteiger partial charge >= 0.3 is 13.6 Å². The van der Waals surface area contributed by atoms with Crippen LogP contribution < -0.4 is 5.32 Å². The minimum Gasteiger partial charge on any atom is -0.480 e. The monoisotopic (exact) mass is 364 g/mol. The lowest BCUT2D eigenvalue weighted by atomic mass is 10.2. The summed E-state index contributed by atoms with van der Waals surface area (Å²) >= 11 is 0. The molecule has 2 N–H and O–H groups in total. The van der Waals surface area contributed by atoms with Gasteiger partial charge < -0.3 is 24.4 Å². The molecule has 0 aromatic heterocycles. The Bertz CT molecular complexity index is 515. The van der Waals surface area contributed by atoms with Crippen LogP contribution in [0.5, 0.6) is 0 Å². The van der Waals surface area contributed by atoms with Crippen molar-refractivity contribution in [3.63, 3.8) is 0 Å². The minimum atomic E-state index is -3.55. The molecule has 0 aliphatic carbocycles. The van der Waals surface area contributed by atoms with E-state index in [9.17, 15) is 18.9 Å². The van der Waals surface area contributed by atoms with Crippen molar-refractivity contribution in [2.45, 2.75) is 45.7 Å². The van der Waals surface area contributed by atoms with Gasteiger partial charge in [0.25, 0.3) is 0 Å². The summed E-state index contributed by atoms with van der Waals surface area (Å²) < 4.78 is 22.4. The Labute approximate surface area is 141 Å². The maximum Gasteiger partial charge on any atom is 0.340 e. The number of carbonyl (C=O) groups is 3. The Balaban J connectivity index is 2.64. The number of amides is 2. The molecule has 0 aromatic rings. The van der Waals surface area contributed by atoms with E-state index in [1.165, 1.54) is 11.8 Å². The number of likely N-dealkylation sites (tertiary alicyclic amines) is 1. The normalized spacial score (nSPS) is 19.1. The van der Waals surface area contributed by atoms with E-state index in [0.717, 1.165) is 0 Å². The highest BCUT2D eigenvalue weighted by atomic mass is 31.2. The first-order valence-electron chi connectivity index (χ1n) is 7.94. The lowest BCUT2D eigenvalue weighted by Crippen LogP contribution is -2.50. The van der Waals surface area contributed by atoms with E-state index in [4.69, 9.17) is 14.2 Å². The largest absolute Gasteiger partial charge is 0.480 e. The van der Waals surface area contributed by atoms with E-state index >= 15 is 0 Å². The zero-order valence-electron chi connectivity index (χ0n) is 14.2. The fourth-order valence-electron chi connectivity index (χ4n) is 2.58. The molecule has 24 heavy (non-hydrogen) atoms. The third-order valence-electron chi connectivity index (χ3n) is 3.56. The lowest BCUT2D eigenvalue weighted by molar-refractivity contribution is -0.149. The van der Waals surface area contributed by atoms with Gasteiger partial charge in [0, 0.05) is 6.54 Å². The van der Waals surface area contributed by atoms with Gasteiger partial charge in [-0.25, -0.2) is 4.79 Å². The number of nitrogens with zero attached hydrogens (tertiary/aromatic N) is 1. The van der Waals surface area contributed by atoms with Crippen LogP contribution in [0.25, 0.3) is 0 Å². The van der Waals surface area contributed by atoms with Crippen LogP contribution in [0, 0.1) is 0 Å². The Morgan fingerprint density at radius 3 is 2.38 bits per heavy atom. The molecule has 0 spiro atoms. The summed E-state index contributed by atoms with van der Waals surface area (Å²) in [6, 6.07) is -1.79. The number of carbonyl (C=O) groups excluding carboxylic acids is 2. The molecule has 138 valence electrons. The van der Waals surface area contributed by atoms with Crippen molar-refractivity contribution in [3.8, 4) is 0 Å². The highest BCUT2D eigenvalue weighted by Gasteiger charge is 2.37. The smallest absolute Gasteiger partial charge is 0.340 e. The van der Waals surface area contributed by atoms with Gasteiger partial charge in [-0.05, 0) is 33.6 Å². The van der Waals surface area contributed by atoms with Gasteiger partial charge in [0.1, 0.15) is 18.2 Å². The van der Waals surface area contributed by atoms with E-state index in [1.54, 1.807) is 13.8 Å². The van der Waals surface area contributed by atoms with Crippen molar-refractivity contribution in [1.82, 2.24) is 10.2 Å². The number of carboxylic acid groups (broad SMARTS) is 1. The molecule has 1 heterocycles.